The second-order valence-electron chi connectivity index (χ2n) is 20.5. The summed E-state index contributed by atoms with van der Waals surface area (Å²) in [6.07, 6.45) is 6.57. The highest BCUT2D eigenvalue weighted by Crippen LogP contribution is 2.60. The molecule has 0 fully saturated rings. The van der Waals surface area contributed by atoms with Crippen LogP contribution in [0, 0.1) is 0 Å². The Kier molecular flexibility index (Phi) is 24.5. The molecular weight excluding hydrogens is 801 g/mol. The normalized spacial score (nSPS) is 14.3. The molecule has 0 aliphatic heterocycles. The molecule has 0 spiro atoms. The third kappa shape index (κ3) is 19.6. The molecule has 0 bridgehead atoms. The van der Waals surface area contributed by atoms with E-state index in [9.17, 15) is 0 Å². The van der Waals surface area contributed by atoms with Crippen molar-refractivity contribution < 1.29 is 18.9 Å². The molecule has 0 aromatic carbocycles. The molecule has 0 N–H and O–H groups in total. The highest BCUT2D eigenvalue weighted by atomic mass is 32.1. The van der Waals surface area contributed by atoms with Crippen LogP contribution in [0.25, 0.3) is 9.75 Å². The van der Waals surface area contributed by atoms with E-state index in [2.05, 4.69) is 139 Å². The molecule has 0 radical (unpaired) electrons. The zero-order chi connectivity index (χ0) is 45.1. The van der Waals surface area contributed by atoms with Gasteiger partial charge in [0.1, 0.15) is 0 Å². The average Bonchev–Trinajstić information content (AvgIpc) is 3.86. The molecule has 10 nitrogen and oxygen atoms in total. The van der Waals surface area contributed by atoms with Crippen LogP contribution in [0.2, 0.25) is 0 Å². The first-order chi connectivity index (χ1) is 28.8. The van der Waals surface area contributed by atoms with Crippen molar-refractivity contribution in [3.8, 4) is 9.75 Å². The first-order valence-corrected chi connectivity index (χ1v) is 25.1. The van der Waals surface area contributed by atoms with Crippen LogP contribution >= 0.6 is 22.7 Å². The van der Waals surface area contributed by atoms with Gasteiger partial charge in [0, 0.05) is 51.2 Å². The summed E-state index contributed by atoms with van der Waals surface area (Å²) in [6.45, 7) is 30.2. The van der Waals surface area contributed by atoms with Crippen LogP contribution in [0.4, 0.5) is 0 Å². The lowest BCUT2D eigenvalue weighted by Gasteiger charge is -2.32. The van der Waals surface area contributed by atoms with Crippen LogP contribution in [0.15, 0.2) is 12.1 Å². The molecule has 0 unspecified atom stereocenters. The maximum atomic E-state index is 6.44. The van der Waals surface area contributed by atoms with Crippen LogP contribution in [0.5, 0.6) is 0 Å². The van der Waals surface area contributed by atoms with Gasteiger partial charge in [-0.2, -0.15) is 0 Å². The fourth-order valence-corrected chi connectivity index (χ4v) is 10.8. The molecule has 2 aromatic heterocycles. The molecule has 0 amide bonds. The Hall–Kier alpha value is -1.00. The first kappa shape index (κ1) is 54.3. The van der Waals surface area contributed by atoms with Gasteiger partial charge in [0.2, 0.25) is 0 Å². The van der Waals surface area contributed by atoms with Gasteiger partial charge in [0.25, 0.3) is 0 Å². The lowest BCUT2D eigenvalue weighted by Crippen LogP contribution is -2.33. The zero-order valence-electron chi connectivity index (χ0n) is 41.8. The van der Waals surface area contributed by atoms with Crippen molar-refractivity contribution in [2.75, 3.05) is 175 Å². The van der Waals surface area contributed by atoms with Crippen molar-refractivity contribution in [3.63, 3.8) is 0 Å². The van der Waals surface area contributed by atoms with E-state index in [1.807, 2.05) is 22.7 Å². The van der Waals surface area contributed by atoms with E-state index in [-0.39, 0.29) is 16.2 Å². The van der Waals surface area contributed by atoms with Gasteiger partial charge >= 0.3 is 0 Å². The second-order valence-corrected chi connectivity index (χ2v) is 22.7. The molecule has 1 aliphatic carbocycles. The molecule has 12 heteroatoms. The smallest absolute Gasteiger partial charge is 0.0701 e. The van der Waals surface area contributed by atoms with Crippen molar-refractivity contribution in [2.45, 2.75) is 96.3 Å². The second kappa shape index (κ2) is 27.5. The zero-order valence-corrected chi connectivity index (χ0v) is 43.4. The van der Waals surface area contributed by atoms with Gasteiger partial charge in [0.15, 0.2) is 0 Å². The predicted octanol–water partition coefficient (Wildman–Crippen LogP) is 7.93. The topological polar surface area (TPSA) is 56.4 Å². The minimum absolute atomic E-state index is 0.0925. The van der Waals surface area contributed by atoms with Gasteiger partial charge in [0.05, 0.1) is 39.6 Å². The standard InChI is InChI=1S/C49H92N6O4S2/c1-47(2,3)43-39-41-45(60-43)46-42(40-44(61-46)48(4,5)6)49(41,19-31-56-35-37-58-33-29-54(25-15-21-50(7)8)26-16-22-51(9)10)20-32-57-36-38-59-34-30-55(27-17-23-52(11)12)28-18-24-53(13)14/h39-40H,15-38H2,1-14H3. The van der Waals surface area contributed by atoms with E-state index in [4.69, 9.17) is 18.9 Å². The van der Waals surface area contributed by atoms with E-state index in [1.165, 1.54) is 56.3 Å². The lowest BCUT2D eigenvalue weighted by molar-refractivity contribution is 0.0247. The Morgan fingerprint density at radius 1 is 0.410 bits per heavy atom. The number of fused-ring (bicyclic) bond motifs is 3. The predicted molar refractivity (Wildman–Crippen MR) is 264 cm³/mol. The van der Waals surface area contributed by atoms with Crippen molar-refractivity contribution in [3.05, 3.63) is 33.0 Å². The minimum atomic E-state index is -0.147. The Balaban J connectivity index is 1.61. The third-order valence-corrected chi connectivity index (χ3v) is 15.0. The van der Waals surface area contributed by atoms with E-state index in [0.29, 0.717) is 39.6 Å². The SMILES string of the molecule is CN(C)CCCN(CCCN(C)C)CCOCCOCCC1(CCOCCOCCN(CCCN(C)C)CCCN(C)C)c2cc(C(C)(C)C)sc2-c2sc(C(C)(C)C)cc21. The van der Waals surface area contributed by atoms with Crippen LogP contribution in [-0.2, 0) is 35.2 Å². The quantitative estimate of drug-likeness (QED) is 0.0649. The summed E-state index contributed by atoms with van der Waals surface area (Å²) in [5.74, 6) is 0. The molecule has 1 aliphatic rings. The molecule has 61 heavy (non-hydrogen) atoms. The molecule has 0 saturated carbocycles. The van der Waals surface area contributed by atoms with Crippen LogP contribution in [0.1, 0.15) is 101 Å². The lowest BCUT2D eigenvalue weighted by atomic mass is 9.73. The number of rotatable bonds is 34. The fraction of sp³-hybridized carbons (Fsp3) is 0.837. The number of thiophene rings is 2. The summed E-state index contributed by atoms with van der Waals surface area (Å²) >= 11 is 4.01. The highest BCUT2D eigenvalue weighted by molar-refractivity contribution is 7.23. The summed E-state index contributed by atoms with van der Waals surface area (Å²) in [7, 11) is 17.2. The molecule has 0 atom stereocenters. The highest BCUT2D eigenvalue weighted by Gasteiger charge is 2.47. The van der Waals surface area contributed by atoms with Gasteiger partial charge in [-0.15, -0.1) is 22.7 Å². The van der Waals surface area contributed by atoms with Crippen LogP contribution in [-0.4, -0.2) is 204 Å². The molecule has 2 heterocycles. The summed E-state index contributed by atoms with van der Waals surface area (Å²) in [5.41, 5.74) is 3.00. The van der Waals surface area contributed by atoms with Gasteiger partial charge in [-0.05, 0) is 181 Å². The van der Waals surface area contributed by atoms with Crippen molar-refractivity contribution >= 4 is 22.7 Å². The number of nitrogens with zero attached hydrogens (tertiary/aromatic N) is 6. The number of hydrogen-bond donors (Lipinski definition) is 0. The van der Waals surface area contributed by atoms with Crippen LogP contribution < -0.4 is 0 Å². The van der Waals surface area contributed by atoms with Gasteiger partial charge in [-0.25, -0.2) is 0 Å². The Morgan fingerprint density at radius 2 is 0.705 bits per heavy atom. The first-order valence-electron chi connectivity index (χ1n) is 23.5. The van der Waals surface area contributed by atoms with E-state index >= 15 is 0 Å². The monoisotopic (exact) mass is 893 g/mol. The Morgan fingerprint density at radius 3 is 0.984 bits per heavy atom. The van der Waals surface area contributed by atoms with Crippen molar-refractivity contribution in [1.29, 1.82) is 0 Å². The fourth-order valence-electron chi connectivity index (χ4n) is 8.02. The number of ether oxygens (including phenoxy) is 4. The number of hydrogen-bond acceptors (Lipinski definition) is 12. The maximum Gasteiger partial charge on any atom is 0.0701 e. The average molecular weight is 893 g/mol. The largest absolute Gasteiger partial charge is 0.379 e. The molecule has 3 rings (SSSR count). The summed E-state index contributed by atoms with van der Waals surface area (Å²) < 4.78 is 25.2. The summed E-state index contributed by atoms with van der Waals surface area (Å²) in [4.78, 5) is 20.1. The van der Waals surface area contributed by atoms with Crippen molar-refractivity contribution in [2.24, 2.45) is 0 Å². The van der Waals surface area contributed by atoms with Gasteiger partial charge < -0.3 is 48.3 Å². The summed E-state index contributed by atoms with van der Waals surface area (Å²) in [5, 5.41) is 0. The maximum absolute atomic E-state index is 6.44. The minimum Gasteiger partial charge on any atom is -0.379 e. The van der Waals surface area contributed by atoms with Gasteiger partial charge in [-0.3, -0.25) is 0 Å². The Bertz CT molecular complexity index is 1330. The van der Waals surface area contributed by atoms with Crippen LogP contribution in [0.3, 0.4) is 0 Å². The van der Waals surface area contributed by atoms with Crippen molar-refractivity contribution in [1.82, 2.24) is 29.4 Å². The van der Waals surface area contributed by atoms with E-state index < -0.39 is 0 Å². The molecule has 2 aromatic rings. The van der Waals surface area contributed by atoms with E-state index in [0.717, 1.165) is 91.5 Å². The third-order valence-electron chi connectivity index (χ3n) is 11.7. The molecule has 0 saturated heterocycles. The Labute approximate surface area is 383 Å². The summed E-state index contributed by atoms with van der Waals surface area (Å²) in [6, 6.07) is 5.06. The van der Waals surface area contributed by atoms with Gasteiger partial charge in [-0.1, -0.05) is 41.5 Å². The molecular formula is C49H92N6O4S2. The molecule has 354 valence electrons. The van der Waals surface area contributed by atoms with E-state index in [1.54, 1.807) is 0 Å².